The molecule has 0 saturated heterocycles. The smallest absolute Gasteiger partial charge is 0.271 e. The van der Waals surface area contributed by atoms with Crippen LogP contribution in [0.5, 0.6) is 0 Å². The number of hydrogen-bond donors (Lipinski definition) is 0. The van der Waals surface area contributed by atoms with Gasteiger partial charge in [0.15, 0.2) is 5.82 Å². The van der Waals surface area contributed by atoms with E-state index in [-0.39, 0.29) is 11.2 Å². The van der Waals surface area contributed by atoms with Gasteiger partial charge in [0.05, 0.1) is 16.8 Å². The lowest BCUT2D eigenvalue weighted by molar-refractivity contribution is -0.384. The lowest BCUT2D eigenvalue weighted by atomic mass is 10.1. The third-order valence-corrected chi connectivity index (χ3v) is 3.33. The van der Waals surface area contributed by atoms with E-state index in [0.717, 1.165) is 0 Å². The first kappa shape index (κ1) is 16.5. The molecule has 0 unspecified atom stereocenters. The van der Waals surface area contributed by atoms with Crippen LogP contribution < -0.4 is 0 Å². The van der Waals surface area contributed by atoms with E-state index in [2.05, 4.69) is 11.1 Å². The predicted molar refractivity (Wildman–Crippen MR) is 90.1 cm³/mol. The van der Waals surface area contributed by atoms with Crippen molar-refractivity contribution >= 4 is 28.7 Å². The summed E-state index contributed by atoms with van der Waals surface area (Å²) >= 11 is 0. The quantitative estimate of drug-likeness (QED) is 0.376. The summed E-state index contributed by atoms with van der Waals surface area (Å²) in [4.78, 5) is 16.8. The Hall–Kier alpha value is -2.88. The molecule has 1 heterocycles. The zero-order valence-electron chi connectivity index (χ0n) is 13.9. The molecule has 0 amide bonds. The summed E-state index contributed by atoms with van der Waals surface area (Å²) in [6.07, 6.45) is 1.62. The van der Waals surface area contributed by atoms with E-state index in [4.69, 9.17) is 0 Å². The molecule has 0 saturated carbocycles. The van der Waals surface area contributed by atoms with Crippen molar-refractivity contribution in [2.24, 2.45) is 4.99 Å². The van der Waals surface area contributed by atoms with E-state index in [0.29, 0.717) is 22.3 Å². The van der Waals surface area contributed by atoms with Crippen LogP contribution in [-0.4, -0.2) is 34.8 Å². The van der Waals surface area contributed by atoms with Gasteiger partial charge < -0.3 is 9.47 Å². The topological polar surface area (TPSA) is 87.5 Å². The number of non-ortho nitro benzene ring substituents is 1. The third kappa shape index (κ3) is 3.01. The Labute approximate surface area is 134 Å². The van der Waals surface area contributed by atoms with E-state index in [1.54, 1.807) is 17.3 Å². The summed E-state index contributed by atoms with van der Waals surface area (Å²) in [7, 11) is 3.68. The molecule has 23 heavy (non-hydrogen) atoms. The number of benzene rings is 1. The highest BCUT2D eigenvalue weighted by Crippen LogP contribution is 2.38. The van der Waals surface area contributed by atoms with Crippen LogP contribution in [0.25, 0.3) is 10.9 Å². The van der Waals surface area contributed by atoms with Crippen LogP contribution in [0.2, 0.25) is 0 Å². The lowest BCUT2D eigenvalue weighted by Gasteiger charge is -2.24. The number of aromatic nitrogens is 1. The van der Waals surface area contributed by atoms with Crippen LogP contribution >= 0.6 is 0 Å². The minimum Gasteiger partial charge on any atom is -0.369 e. The Morgan fingerprint density at radius 1 is 1.39 bits per heavy atom. The molecule has 1 aromatic carbocycles. The van der Waals surface area contributed by atoms with Gasteiger partial charge in [-0.15, -0.1) is 0 Å². The van der Waals surface area contributed by atoms with Gasteiger partial charge in [0, 0.05) is 37.2 Å². The SMILES string of the molecule is CN(C)/C=N/c1c(C#N)c2ccc([N+](=O)[O-])cc2n1C(C)(C)C. The van der Waals surface area contributed by atoms with E-state index in [1.165, 1.54) is 12.1 Å². The molecule has 0 atom stereocenters. The third-order valence-electron chi connectivity index (χ3n) is 3.33. The summed E-state index contributed by atoms with van der Waals surface area (Å²) < 4.78 is 1.87. The van der Waals surface area contributed by atoms with Gasteiger partial charge in [-0.05, 0) is 26.8 Å². The second kappa shape index (κ2) is 5.72. The molecule has 1 aromatic heterocycles. The molecule has 0 spiro atoms. The molecule has 7 nitrogen and oxygen atoms in total. The number of nitrogens with zero attached hydrogens (tertiary/aromatic N) is 5. The molecule has 2 aromatic rings. The Morgan fingerprint density at radius 2 is 2.04 bits per heavy atom. The summed E-state index contributed by atoms with van der Waals surface area (Å²) in [6, 6.07) is 6.70. The molecule has 7 heteroatoms. The van der Waals surface area contributed by atoms with Crippen LogP contribution in [0.3, 0.4) is 0 Å². The van der Waals surface area contributed by atoms with Crippen molar-refractivity contribution in [3.63, 3.8) is 0 Å². The monoisotopic (exact) mass is 313 g/mol. The fourth-order valence-corrected chi connectivity index (χ4v) is 2.46. The highest BCUT2D eigenvalue weighted by Gasteiger charge is 2.26. The minimum atomic E-state index is -0.436. The molecule has 0 bridgehead atoms. The Morgan fingerprint density at radius 3 is 2.52 bits per heavy atom. The van der Waals surface area contributed by atoms with Gasteiger partial charge >= 0.3 is 0 Å². The maximum absolute atomic E-state index is 11.1. The molecule has 0 aliphatic heterocycles. The van der Waals surface area contributed by atoms with Crippen molar-refractivity contribution in [3.05, 3.63) is 33.9 Å². The fourth-order valence-electron chi connectivity index (χ4n) is 2.46. The number of rotatable bonds is 3. The number of nitriles is 1. The van der Waals surface area contributed by atoms with Gasteiger partial charge in [-0.3, -0.25) is 10.1 Å². The molecule has 0 N–H and O–H groups in total. The second-order valence-corrected chi connectivity index (χ2v) is 6.48. The van der Waals surface area contributed by atoms with Crippen molar-refractivity contribution in [1.29, 1.82) is 5.26 Å². The number of aliphatic imine (C=N–C) groups is 1. The molecule has 0 aliphatic rings. The van der Waals surface area contributed by atoms with Crippen molar-refractivity contribution in [1.82, 2.24) is 9.47 Å². The Kier molecular flexibility index (Phi) is 4.10. The van der Waals surface area contributed by atoms with Gasteiger partial charge in [0.2, 0.25) is 0 Å². The lowest BCUT2D eigenvalue weighted by Crippen LogP contribution is -2.21. The van der Waals surface area contributed by atoms with Crippen LogP contribution in [0.1, 0.15) is 26.3 Å². The fraction of sp³-hybridized carbons (Fsp3) is 0.375. The first-order chi connectivity index (χ1) is 10.7. The first-order valence-corrected chi connectivity index (χ1v) is 7.11. The van der Waals surface area contributed by atoms with Gasteiger partial charge in [-0.25, -0.2) is 4.99 Å². The summed E-state index contributed by atoms with van der Waals surface area (Å²) in [6.45, 7) is 5.92. The summed E-state index contributed by atoms with van der Waals surface area (Å²) in [5, 5.41) is 21.3. The van der Waals surface area contributed by atoms with Crippen LogP contribution in [0.15, 0.2) is 23.2 Å². The highest BCUT2D eigenvalue weighted by molar-refractivity contribution is 5.94. The zero-order chi connectivity index (χ0) is 17.4. The number of fused-ring (bicyclic) bond motifs is 1. The van der Waals surface area contributed by atoms with Gasteiger partial charge in [-0.1, -0.05) is 0 Å². The van der Waals surface area contributed by atoms with Crippen molar-refractivity contribution in [3.8, 4) is 6.07 Å². The molecular formula is C16H19N5O2. The second-order valence-electron chi connectivity index (χ2n) is 6.48. The highest BCUT2D eigenvalue weighted by atomic mass is 16.6. The number of hydrogen-bond acceptors (Lipinski definition) is 4. The molecule has 2 rings (SSSR count). The van der Waals surface area contributed by atoms with Crippen molar-refractivity contribution < 1.29 is 4.92 Å². The first-order valence-electron chi connectivity index (χ1n) is 7.11. The van der Waals surface area contributed by atoms with Gasteiger partial charge in [0.1, 0.15) is 11.6 Å². The van der Waals surface area contributed by atoms with Crippen molar-refractivity contribution in [2.75, 3.05) is 14.1 Å². The van der Waals surface area contributed by atoms with E-state index in [9.17, 15) is 15.4 Å². The molecule has 0 radical (unpaired) electrons. The zero-order valence-corrected chi connectivity index (χ0v) is 13.9. The Bertz CT molecular complexity index is 835. The Balaban J connectivity index is 2.92. The molecule has 0 fully saturated rings. The predicted octanol–water partition coefficient (Wildman–Crippen LogP) is 3.40. The van der Waals surface area contributed by atoms with E-state index < -0.39 is 4.92 Å². The number of nitro benzene ring substituents is 1. The molecular weight excluding hydrogens is 294 g/mol. The van der Waals surface area contributed by atoms with Crippen LogP contribution in [-0.2, 0) is 5.54 Å². The van der Waals surface area contributed by atoms with Gasteiger partial charge in [0.25, 0.3) is 5.69 Å². The summed E-state index contributed by atoms with van der Waals surface area (Å²) in [5.74, 6) is 0.504. The normalized spacial score (nSPS) is 11.8. The molecule has 120 valence electrons. The standard InChI is InChI=1S/C16H19N5O2/c1-16(2,3)20-14-8-11(21(22)23)6-7-12(14)13(9-17)15(20)18-10-19(4)5/h6-8,10H,1-5H3/b18-10+. The maximum atomic E-state index is 11.1. The average molecular weight is 313 g/mol. The summed E-state index contributed by atoms with van der Waals surface area (Å²) in [5.41, 5.74) is 0.659. The van der Waals surface area contributed by atoms with Crippen LogP contribution in [0.4, 0.5) is 11.5 Å². The van der Waals surface area contributed by atoms with Crippen LogP contribution in [0, 0.1) is 21.4 Å². The average Bonchev–Trinajstić information content (AvgIpc) is 2.76. The van der Waals surface area contributed by atoms with Gasteiger partial charge in [-0.2, -0.15) is 5.26 Å². The van der Waals surface area contributed by atoms with E-state index in [1.807, 2.05) is 39.4 Å². The molecule has 0 aliphatic carbocycles. The maximum Gasteiger partial charge on any atom is 0.271 e. The van der Waals surface area contributed by atoms with Crippen molar-refractivity contribution in [2.45, 2.75) is 26.3 Å². The largest absolute Gasteiger partial charge is 0.369 e. The van der Waals surface area contributed by atoms with E-state index >= 15 is 0 Å². The minimum absolute atomic E-state index is 0.00636. The number of nitro groups is 1.